The number of carboxylic acid groups (broad SMARTS) is 1. The molecule has 3 rings (SSSR count). The number of carboxylic acids is 1. The summed E-state index contributed by atoms with van der Waals surface area (Å²) in [7, 11) is 0. The summed E-state index contributed by atoms with van der Waals surface area (Å²) in [5.74, 6) is -3.09. The topological polar surface area (TPSA) is 117 Å². The maximum absolute atomic E-state index is 12.5. The fourth-order valence-electron chi connectivity index (χ4n) is 2.65. The Bertz CT molecular complexity index is 1140. The van der Waals surface area contributed by atoms with E-state index < -0.39 is 30.0 Å². The van der Waals surface area contributed by atoms with Gasteiger partial charge >= 0.3 is 11.6 Å². The number of carbonyl (C=O) groups excluding carboxylic acids is 1. The molecule has 27 heavy (non-hydrogen) atoms. The molecule has 0 unspecified atom stereocenters. The van der Waals surface area contributed by atoms with Gasteiger partial charge in [0.05, 0.1) is 15.4 Å². The molecule has 1 heterocycles. The summed E-state index contributed by atoms with van der Waals surface area (Å²) in [5, 5.41) is 21.7. The van der Waals surface area contributed by atoms with Crippen LogP contribution in [0.1, 0.15) is 10.4 Å². The Balaban J connectivity index is 2.32. The minimum atomic E-state index is -1.27. The number of aromatic hydroxyl groups is 1. The van der Waals surface area contributed by atoms with Gasteiger partial charge in [0, 0.05) is 5.39 Å². The number of nitrogens with one attached hydrogen (secondary N) is 1. The Hall–Kier alpha value is -3.03. The monoisotopic (exact) mass is 407 g/mol. The van der Waals surface area contributed by atoms with E-state index in [1.54, 1.807) is 30.3 Å². The summed E-state index contributed by atoms with van der Waals surface area (Å²) in [4.78, 5) is 35.3. The smallest absolute Gasteiger partial charge is 0.346 e. The average Bonchev–Trinajstić information content (AvgIpc) is 2.62. The highest BCUT2D eigenvalue weighted by atomic mass is 35.5. The van der Waals surface area contributed by atoms with E-state index in [9.17, 15) is 19.5 Å². The Morgan fingerprint density at radius 1 is 1.11 bits per heavy atom. The van der Waals surface area contributed by atoms with E-state index in [0.29, 0.717) is 16.1 Å². The molecule has 0 aliphatic carbocycles. The zero-order valence-corrected chi connectivity index (χ0v) is 15.0. The molecule has 0 saturated heterocycles. The van der Waals surface area contributed by atoms with E-state index in [1.807, 2.05) is 0 Å². The summed E-state index contributed by atoms with van der Waals surface area (Å²) in [5.41, 5.74) is -0.256. The Labute approximate surface area is 161 Å². The highest BCUT2D eigenvalue weighted by Crippen LogP contribution is 2.36. The van der Waals surface area contributed by atoms with E-state index in [2.05, 4.69) is 5.32 Å². The third-order valence-corrected chi connectivity index (χ3v) is 4.53. The lowest BCUT2D eigenvalue weighted by Gasteiger charge is -2.12. The standard InChI is InChI=1S/C18H11Cl2NO6/c19-11-5-4-8(6-12(11)20)9-2-1-3-10-14(9)15(18(26)27-17(10)25)16(24)21-7-13(22)23/h1-6,26H,7H2,(H,21,24)(H,22,23). The van der Waals surface area contributed by atoms with Crippen LogP contribution in [0, 0.1) is 0 Å². The molecule has 0 aliphatic heterocycles. The van der Waals surface area contributed by atoms with Gasteiger partial charge in [0.15, 0.2) is 0 Å². The third kappa shape index (κ3) is 3.60. The van der Waals surface area contributed by atoms with E-state index in [1.165, 1.54) is 6.07 Å². The SMILES string of the molecule is O=C(O)CNC(=O)c1c(O)oc(=O)c2cccc(-c3ccc(Cl)c(Cl)c3)c12. The van der Waals surface area contributed by atoms with Crippen LogP contribution in [0.2, 0.25) is 10.0 Å². The number of amides is 1. The first kappa shape index (κ1) is 18.8. The summed E-state index contributed by atoms with van der Waals surface area (Å²) in [6.45, 7) is -0.673. The number of carbonyl (C=O) groups is 2. The van der Waals surface area contributed by atoms with Crippen LogP contribution in [-0.4, -0.2) is 28.6 Å². The molecule has 1 amide bonds. The lowest BCUT2D eigenvalue weighted by molar-refractivity contribution is -0.135. The number of hydrogen-bond acceptors (Lipinski definition) is 5. The highest BCUT2D eigenvalue weighted by molar-refractivity contribution is 6.42. The first-order valence-electron chi connectivity index (χ1n) is 7.53. The second kappa shape index (κ2) is 7.30. The molecule has 138 valence electrons. The van der Waals surface area contributed by atoms with Gasteiger partial charge in [-0.25, -0.2) is 4.79 Å². The fraction of sp³-hybridized carbons (Fsp3) is 0.0556. The van der Waals surface area contributed by atoms with Gasteiger partial charge in [0.2, 0.25) is 0 Å². The molecule has 0 fully saturated rings. The van der Waals surface area contributed by atoms with Gasteiger partial charge in [0.25, 0.3) is 11.9 Å². The van der Waals surface area contributed by atoms with Crippen LogP contribution < -0.4 is 10.9 Å². The number of rotatable bonds is 4. The van der Waals surface area contributed by atoms with Crippen LogP contribution in [0.25, 0.3) is 21.9 Å². The van der Waals surface area contributed by atoms with Gasteiger partial charge in [-0.2, -0.15) is 0 Å². The van der Waals surface area contributed by atoms with Gasteiger partial charge in [0.1, 0.15) is 12.1 Å². The maximum Gasteiger partial charge on any atom is 0.346 e. The molecule has 3 N–H and O–H groups in total. The van der Waals surface area contributed by atoms with Crippen molar-refractivity contribution < 1.29 is 24.2 Å². The van der Waals surface area contributed by atoms with E-state index >= 15 is 0 Å². The number of benzene rings is 2. The van der Waals surface area contributed by atoms with Crippen molar-refractivity contribution in [2.24, 2.45) is 0 Å². The molecule has 0 atom stereocenters. The fourth-order valence-corrected chi connectivity index (χ4v) is 2.95. The molecule has 0 aliphatic rings. The quantitative estimate of drug-likeness (QED) is 0.610. The van der Waals surface area contributed by atoms with Gasteiger partial charge in [-0.15, -0.1) is 0 Å². The second-order valence-corrected chi connectivity index (χ2v) is 6.32. The van der Waals surface area contributed by atoms with Crippen molar-refractivity contribution in [1.82, 2.24) is 5.32 Å². The van der Waals surface area contributed by atoms with Gasteiger partial charge in [-0.1, -0.05) is 41.4 Å². The van der Waals surface area contributed by atoms with Gasteiger partial charge in [-0.05, 0) is 29.3 Å². The number of fused-ring (bicyclic) bond motifs is 1. The number of aliphatic carboxylic acids is 1. The normalized spacial score (nSPS) is 10.7. The first-order chi connectivity index (χ1) is 12.8. The zero-order chi connectivity index (χ0) is 19.7. The molecule has 0 radical (unpaired) electrons. The van der Waals surface area contributed by atoms with Crippen LogP contribution in [0.5, 0.6) is 5.95 Å². The van der Waals surface area contributed by atoms with Crippen LogP contribution in [0.4, 0.5) is 0 Å². The summed E-state index contributed by atoms with van der Waals surface area (Å²) >= 11 is 12.0. The molecule has 3 aromatic rings. The summed E-state index contributed by atoms with van der Waals surface area (Å²) < 4.78 is 4.73. The van der Waals surface area contributed by atoms with Crippen molar-refractivity contribution in [2.45, 2.75) is 0 Å². The molecule has 9 heteroatoms. The highest BCUT2D eigenvalue weighted by Gasteiger charge is 2.23. The van der Waals surface area contributed by atoms with Gasteiger partial charge < -0.3 is 19.9 Å². The molecule has 0 saturated carbocycles. The minimum absolute atomic E-state index is 0.0387. The van der Waals surface area contributed by atoms with E-state index in [0.717, 1.165) is 0 Å². The molecule has 2 aromatic carbocycles. The predicted molar refractivity (Wildman–Crippen MR) is 99.6 cm³/mol. The second-order valence-electron chi connectivity index (χ2n) is 5.50. The molecule has 7 nitrogen and oxygen atoms in total. The van der Waals surface area contributed by atoms with Gasteiger partial charge in [-0.3, -0.25) is 9.59 Å². The zero-order valence-electron chi connectivity index (χ0n) is 13.5. The first-order valence-corrected chi connectivity index (χ1v) is 8.29. The van der Waals surface area contributed by atoms with E-state index in [-0.39, 0.29) is 21.4 Å². The van der Waals surface area contributed by atoms with Crippen molar-refractivity contribution in [3.05, 3.63) is 62.4 Å². The lowest BCUT2D eigenvalue weighted by Crippen LogP contribution is -2.29. The molecule has 1 aromatic heterocycles. The summed E-state index contributed by atoms with van der Waals surface area (Å²) in [6, 6.07) is 9.35. The molecular weight excluding hydrogens is 397 g/mol. The van der Waals surface area contributed by atoms with Crippen LogP contribution >= 0.6 is 23.2 Å². The Morgan fingerprint density at radius 3 is 2.52 bits per heavy atom. The third-order valence-electron chi connectivity index (χ3n) is 3.80. The molecule has 0 bridgehead atoms. The van der Waals surface area contributed by atoms with Crippen LogP contribution in [0.3, 0.4) is 0 Å². The van der Waals surface area contributed by atoms with Crippen molar-refractivity contribution in [1.29, 1.82) is 0 Å². The Kier molecular flexibility index (Phi) is 5.07. The number of halogens is 2. The van der Waals surface area contributed by atoms with Crippen molar-refractivity contribution >= 4 is 45.9 Å². The van der Waals surface area contributed by atoms with Crippen LogP contribution in [-0.2, 0) is 4.79 Å². The average molecular weight is 408 g/mol. The Morgan fingerprint density at radius 2 is 1.85 bits per heavy atom. The predicted octanol–water partition coefficient (Wildman–Crippen LogP) is 3.29. The lowest BCUT2D eigenvalue weighted by atomic mass is 9.96. The largest absolute Gasteiger partial charge is 0.480 e. The number of hydrogen-bond donors (Lipinski definition) is 3. The van der Waals surface area contributed by atoms with Crippen molar-refractivity contribution in [3.8, 4) is 17.1 Å². The van der Waals surface area contributed by atoms with E-state index in [4.69, 9.17) is 32.7 Å². The molecular formula is C18H11Cl2NO6. The summed E-state index contributed by atoms with van der Waals surface area (Å²) in [6.07, 6.45) is 0. The van der Waals surface area contributed by atoms with Crippen LogP contribution in [0.15, 0.2) is 45.6 Å². The minimum Gasteiger partial charge on any atom is -0.480 e. The van der Waals surface area contributed by atoms with Crippen molar-refractivity contribution in [3.63, 3.8) is 0 Å². The maximum atomic E-state index is 12.5. The molecule has 0 spiro atoms. The van der Waals surface area contributed by atoms with Crippen molar-refractivity contribution in [2.75, 3.05) is 6.54 Å².